The molecule has 0 heterocycles. The molecule has 2 aromatic rings. The van der Waals surface area contributed by atoms with Crippen LogP contribution in [0, 0.1) is 0 Å². The van der Waals surface area contributed by atoms with Crippen molar-refractivity contribution in [2.45, 2.75) is 4.90 Å². The van der Waals surface area contributed by atoms with E-state index in [0.717, 1.165) is 4.31 Å². The third-order valence-electron chi connectivity index (χ3n) is 3.33. The van der Waals surface area contributed by atoms with Crippen molar-refractivity contribution in [3.63, 3.8) is 0 Å². The zero-order valence-corrected chi connectivity index (χ0v) is 15.6. The Morgan fingerprint density at radius 2 is 1.92 bits per heavy atom. The summed E-state index contributed by atoms with van der Waals surface area (Å²) >= 11 is 12.0. The minimum absolute atomic E-state index is 0.0222. The number of carbonyl (C=O) groups excluding carboxylic acids is 1. The molecule has 0 spiro atoms. The predicted octanol–water partition coefficient (Wildman–Crippen LogP) is 4.16. The standard InChI is InChI=1S/C17H15Cl2NO4S/c1-3-10-20(15-7-5-4-6-13(15)17(21)24-2)25(22,23)16-11-12(18)8-9-14(16)19/h3-9,11H,1,10H2,2H3. The largest absolute Gasteiger partial charge is 0.465 e. The van der Waals surface area contributed by atoms with E-state index in [2.05, 4.69) is 6.58 Å². The molecule has 0 aliphatic carbocycles. The Morgan fingerprint density at radius 3 is 2.56 bits per heavy atom. The summed E-state index contributed by atoms with van der Waals surface area (Å²) in [5.41, 5.74) is 0.263. The van der Waals surface area contributed by atoms with Crippen molar-refractivity contribution in [2.24, 2.45) is 0 Å². The van der Waals surface area contributed by atoms with E-state index in [1.807, 2.05) is 0 Å². The van der Waals surface area contributed by atoms with Gasteiger partial charge in [0.15, 0.2) is 0 Å². The molecule has 0 radical (unpaired) electrons. The number of methoxy groups -OCH3 is 1. The van der Waals surface area contributed by atoms with Gasteiger partial charge in [0.2, 0.25) is 0 Å². The Balaban J connectivity index is 2.68. The van der Waals surface area contributed by atoms with Crippen LogP contribution < -0.4 is 4.31 Å². The SMILES string of the molecule is C=CCN(c1ccccc1C(=O)OC)S(=O)(=O)c1cc(Cl)ccc1Cl. The zero-order chi connectivity index (χ0) is 18.6. The molecule has 0 unspecified atom stereocenters. The Labute approximate surface area is 156 Å². The first kappa shape index (κ1) is 19.3. The lowest BCUT2D eigenvalue weighted by atomic mass is 10.2. The van der Waals surface area contributed by atoms with Crippen molar-refractivity contribution in [3.8, 4) is 0 Å². The number of esters is 1. The number of para-hydroxylation sites is 1. The molecular weight excluding hydrogens is 385 g/mol. The molecule has 0 bridgehead atoms. The molecule has 8 heteroatoms. The molecule has 0 fully saturated rings. The summed E-state index contributed by atoms with van der Waals surface area (Å²) in [7, 11) is -2.87. The maximum Gasteiger partial charge on any atom is 0.340 e. The van der Waals surface area contributed by atoms with E-state index in [9.17, 15) is 13.2 Å². The average molecular weight is 400 g/mol. The quantitative estimate of drug-likeness (QED) is 0.540. The number of anilines is 1. The summed E-state index contributed by atoms with van der Waals surface area (Å²) in [4.78, 5) is 11.8. The molecule has 0 aromatic heterocycles. The molecule has 0 aliphatic rings. The van der Waals surface area contributed by atoms with Crippen molar-refractivity contribution in [1.82, 2.24) is 0 Å². The highest BCUT2D eigenvalue weighted by Crippen LogP contribution is 2.32. The number of benzene rings is 2. The van der Waals surface area contributed by atoms with Crippen LogP contribution in [-0.2, 0) is 14.8 Å². The minimum atomic E-state index is -4.10. The van der Waals surface area contributed by atoms with E-state index < -0.39 is 16.0 Å². The molecule has 0 aliphatic heterocycles. The summed E-state index contributed by atoms with van der Waals surface area (Å²) in [5, 5.41) is 0.247. The van der Waals surface area contributed by atoms with Crippen LogP contribution in [0.1, 0.15) is 10.4 Å². The number of halogens is 2. The monoisotopic (exact) mass is 399 g/mol. The van der Waals surface area contributed by atoms with Gasteiger partial charge < -0.3 is 4.74 Å². The summed E-state index contributed by atoms with van der Waals surface area (Å²) in [6.07, 6.45) is 1.41. The zero-order valence-electron chi connectivity index (χ0n) is 13.3. The minimum Gasteiger partial charge on any atom is -0.465 e. The Morgan fingerprint density at radius 1 is 1.24 bits per heavy atom. The molecule has 0 saturated heterocycles. The van der Waals surface area contributed by atoms with Crippen LogP contribution in [0.15, 0.2) is 60.0 Å². The first-order chi connectivity index (χ1) is 11.8. The van der Waals surface area contributed by atoms with Crippen LogP contribution in [-0.4, -0.2) is 28.0 Å². The lowest BCUT2D eigenvalue weighted by Gasteiger charge is -2.25. The molecule has 2 rings (SSSR count). The predicted molar refractivity (Wildman–Crippen MR) is 99.0 cm³/mol. The molecule has 0 N–H and O–H groups in total. The molecule has 25 heavy (non-hydrogen) atoms. The normalized spacial score (nSPS) is 11.0. The van der Waals surface area contributed by atoms with E-state index in [1.54, 1.807) is 12.1 Å². The third kappa shape index (κ3) is 3.98. The lowest BCUT2D eigenvalue weighted by Crippen LogP contribution is -2.32. The van der Waals surface area contributed by atoms with Gasteiger partial charge in [0.1, 0.15) is 4.90 Å². The van der Waals surface area contributed by atoms with Gasteiger partial charge in [-0.15, -0.1) is 6.58 Å². The Kier molecular flexibility index (Phi) is 6.11. The van der Waals surface area contributed by atoms with E-state index in [4.69, 9.17) is 27.9 Å². The molecule has 0 amide bonds. The van der Waals surface area contributed by atoms with Crippen LogP contribution in [0.5, 0.6) is 0 Å². The van der Waals surface area contributed by atoms with Gasteiger partial charge in [0.25, 0.3) is 10.0 Å². The average Bonchev–Trinajstić information content (AvgIpc) is 2.60. The molecule has 132 valence electrons. The number of hydrogen-bond acceptors (Lipinski definition) is 4. The van der Waals surface area contributed by atoms with Crippen LogP contribution in [0.4, 0.5) is 5.69 Å². The Bertz CT molecular complexity index is 913. The summed E-state index contributed by atoms with van der Waals surface area (Å²) in [6.45, 7) is 3.52. The van der Waals surface area contributed by atoms with Crippen molar-refractivity contribution >= 4 is 44.9 Å². The lowest BCUT2D eigenvalue weighted by molar-refractivity contribution is 0.0601. The fraction of sp³-hybridized carbons (Fsp3) is 0.118. The van der Waals surface area contributed by atoms with Crippen molar-refractivity contribution < 1.29 is 17.9 Å². The Hall–Kier alpha value is -2.02. The number of nitrogens with zero attached hydrogens (tertiary/aromatic N) is 1. The highest BCUT2D eigenvalue weighted by atomic mass is 35.5. The van der Waals surface area contributed by atoms with E-state index in [-0.39, 0.29) is 32.7 Å². The van der Waals surface area contributed by atoms with Gasteiger partial charge in [-0.25, -0.2) is 13.2 Å². The molecular formula is C17H15Cl2NO4S. The van der Waals surface area contributed by atoms with Crippen molar-refractivity contribution in [2.75, 3.05) is 18.0 Å². The van der Waals surface area contributed by atoms with Crippen LogP contribution in [0.25, 0.3) is 0 Å². The fourth-order valence-corrected chi connectivity index (χ4v) is 4.40. The second-order valence-electron chi connectivity index (χ2n) is 4.91. The van der Waals surface area contributed by atoms with Gasteiger partial charge in [-0.05, 0) is 30.3 Å². The molecule has 2 aromatic carbocycles. The number of carbonyl (C=O) groups is 1. The third-order valence-corrected chi connectivity index (χ3v) is 5.83. The first-order valence-electron chi connectivity index (χ1n) is 7.09. The van der Waals surface area contributed by atoms with Crippen LogP contribution in [0.3, 0.4) is 0 Å². The highest BCUT2D eigenvalue weighted by molar-refractivity contribution is 7.93. The van der Waals surface area contributed by atoms with Crippen LogP contribution in [0.2, 0.25) is 10.0 Å². The van der Waals surface area contributed by atoms with Gasteiger partial charge in [0.05, 0.1) is 29.9 Å². The fourth-order valence-electron chi connectivity index (χ4n) is 2.21. The number of rotatable bonds is 6. The molecule has 0 atom stereocenters. The topological polar surface area (TPSA) is 63.7 Å². The van der Waals surface area contributed by atoms with Crippen LogP contribution >= 0.6 is 23.2 Å². The highest BCUT2D eigenvalue weighted by Gasteiger charge is 2.29. The number of ether oxygens (including phenoxy) is 1. The van der Waals surface area contributed by atoms with Crippen molar-refractivity contribution in [1.29, 1.82) is 0 Å². The van der Waals surface area contributed by atoms with Gasteiger partial charge in [-0.2, -0.15) is 0 Å². The smallest absolute Gasteiger partial charge is 0.340 e. The van der Waals surface area contributed by atoms with E-state index >= 15 is 0 Å². The van der Waals surface area contributed by atoms with Crippen molar-refractivity contribution in [3.05, 3.63) is 70.7 Å². The maximum absolute atomic E-state index is 13.1. The molecule has 5 nitrogen and oxygen atoms in total. The summed E-state index contributed by atoms with van der Waals surface area (Å²) in [5.74, 6) is -0.656. The second kappa shape index (κ2) is 7.91. The summed E-state index contributed by atoms with van der Waals surface area (Å²) in [6, 6.07) is 10.4. The number of sulfonamides is 1. The first-order valence-corrected chi connectivity index (χ1v) is 9.28. The van der Waals surface area contributed by atoms with Gasteiger partial charge in [0, 0.05) is 5.02 Å². The summed E-state index contributed by atoms with van der Waals surface area (Å²) < 4.78 is 32.0. The number of hydrogen-bond donors (Lipinski definition) is 0. The van der Waals surface area contributed by atoms with Gasteiger partial charge in [-0.3, -0.25) is 4.31 Å². The second-order valence-corrected chi connectivity index (χ2v) is 7.58. The maximum atomic E-state index is 13.1. The van der Waals surface area contributed by atoms with Gasteiger partial charge in [-0.1, -0.05) is 41.4 Å². The molecule has 0 saturated carbocycles. The van der Waals surface area contributed by atoms with Gasteiger partial charge >= 0.3 is 5.97 Å². The van der Waals surface area contributed by atoms with E-state index in [0.29, 0.717) is 0 Å². The van der Waals surface area contributed by atoms with E-state index in [1.165, 1.54) is 43.5 Å².